The van der Waals surface area contributed by atoms with Crippen LogP contribution < -0.4 is 10.1 Å². The molecule has 1 N–H and O–H groups in total. The quantitative estimate of drug-likeness (QED) is 0.571. The Morgan fingerprint density at radius 3 is 2.86 bits per heavy atom. The van der Waals surface area contributed by atoms with Crippen LogP contribution >= 0.6 is 11.6 Å². The number of nitrogens with zero attached hydrogens (tertiary/aromatic N) is 5. The first-order valence-electron chi connectivity index (χ1n) is 8.46. The molecule has 9 nitrogen and oxygen atoms in total. The molecule has 0 unspecified atom stereocenters. The SMILES string of the molecule is COc1c(Nc2cc(Cl)nnc2C(=O)[O][Zn])cccc1-c1ncn(C2CC2)n1. The second-order valence-corrected chi connectivity index (χ2v) is 7.14. The normalized spacial score (nSPS) is 13.3. The number of aromatic nitrogens is 5. The van der Waals surface area contributed by atoms with Gasteiger partial charge in [-0.3, -0.25) is 0 Å². The van der Waals surface area contributed by atoms with Gasteiger partial charge in [-0.25, -0.2) is 0 Å². The number of benzene rings is 1. The van der Waals surface area contributed by atoms with Crippen LogP contribution in [0.1, 0.15) is 29.4 Å². The van der Waals surface area contributed by atoms with Crippen LogP contribution in [0.3, 0.4) is 0 Å². The van der Waals surface area contributed by atoms with Crippen molar-refractivity contribution < 1.29 is 31.8 Å². The monoisotopic (exact) mass is 449 g/mol. The standard InChI is InChI=1S/C17H15ClN6O3.Zn/c1-27-15-10(16-19-8-24(23-16)9-5-6-9)3-2-4-11(15)20-12-7-13(18)21-22-14(12)17(25)26;/h2-4,7-9H,5-6H2,1H3,(H,20,21)(H,25,26);/q;+1/p-1. The van der Waals surface area contributed by atoms with Gasteiger partial charge in [0, 0.05) is 0 Å². The molecule has 11 heteroatoms. The average Bonchev–Trinajstić information content (AvgIpc) is 3.44. The zero-order valence-corrected chi connectivity index (χ0v) is 18.6. The third kappa shape index (κ3) is 3.70. The topological polar surface area (TPSA) is 104 Å². The predicted molar refractivity (Wildman–Crippen MR) is 96.0 cm³/mol. The van der Waals surface area contributed by atoms with Gasteiger partial charge in [0.05, 0.1) is 0 Å². The van der Waals surface area contributed by atoms with Crippen molar-refractivity contribution in [2.75, 3.05) is 12.4 Å². The Hall–Kier alpha value is -2.58. The van der Waals surface area contributed by atoms with Crippen molar-refractivity contribution >= 4 is 28.9 Å². The molecule has 1 aliphatic rings. The van der Waals surface area contributed by atoms with Crippen LogP contribution in [-0.2, 0) is 22.2 Å². The van der Waals surface area contributed by atoms with Crippen LogP contribution in [-0.4, -0.2) is 38.0 Å². The van der Waals surface area contributed by atoms with E-state index in [9.17, 15) is 4.79 Å². The Morgan fingerprint density at radius 1 is 1.32 bits per heavy atom. The summed E-state index contributed by atoms with van der Waals surface area (Å²) in [4.78, 5) is 16.4. The molecular weight excluding hydrogens is 437 g/mol. The van der Waals surface area contributed by atoms with Crippen LogP contribution in [0.15, 0.2) is 30.6 Å². The summed E-state index contributed by atoms with van der Waals surface area (Å²) in [6.07, 6.45) is 3.98. The van der Waals surface area contributed by atoms with Gasteiger partial charge in [0.2, 0.25) is 0 Å². The maximum absolute atomic E-state index is 12.0. The van der Waals surface area contributed by atoms with Gasteiger partial charge in [0.1, 0.15) is 0 Å². The van der Waals surface area contributed by atoms with Gasteiger partial charge in [-0.2, -0.15) is 0 Å². The predicted octanol–water partition coefficient (Wildman–Crippen LogP) is 3.09. The molecule has 1 aliphatic carbocycles. The molecule has 0 spiro atoms. The van der Waals surface area contributed by atoms with Crippen LogP contribution in [0.4, 0.5) is 11.4 Å². The maximum atomic E-state index is 12.0. The van der Waals surface area contributed by atoms with Crippen molar-refractivity contribution in [3.63, 3.8) is 0 Å². The number of para-hydroxylation sites is 1. The third-order valence-electron chi connectivity index (χ3n) is 4.25. The summed E-state index contributed by atoms with van der Waals surface area (Å²) in [5.41, 5.74) is 1.74. The molecule has 0 amide bonds. The molecule has 0 bridgehead atoms. The number of carbonyl (C=O) groups excluding carboxylic acids is 1. The Kier molecular flexibility index (Phi) is 5.24. The van der Waals surface area contributed by atoms with E-state index < -0.39 is 5.97 Å². The van der Waals surface area contributed by atoms with Crippen LogP contribution in [0, 0.1) is 0 Å². The average molecular weight is 451 g/mol. The molecule has 0 aliphatic heterocycles. The van der Waals surface area contributed by atoms with Gasteiger partial charge in [-0.1, -0.05) is 0 Å². The number of anilines is 2. The van der Waals surface area contributed by atoms with Gasteiger partial charge >= 0.3 is 163 Å². The fraction of sp³-hybridized carbons (Fsp3) is 0.235. The van der Waals surface area contributed by atoms with Crippen LogP contribution in [0.5, 0.6) is 5.75 Å². The molecule has 1 fully saturated rings. The van der Waals surface area contributed by atoms with Crippen molar-refractivity contribution in [1.82, 2.24) is 25.0 Å². The number of methoxy groups -OCH3 is 1. The van der Waals surface area contributed by atoms with Gasteiger partial charge in [0.15, 0.2) is 0 Å². The number of carbonyl (C=O) groups is 1. The Balaban J connectivity index is 1.73. The van der Waals surface area contributed by atoms with Crippen molar-refractivity contribution in [3.05, 3.63) is 41.4 Å². The van der Waals surface area contributed by atoms with Gasteiger partial charge < -0.3 is 0 Å². The first-order chi connectivity index (χ1) is 13.6. The minimum atomic E-state index is -0.577. The van der Waals surface area contributed by atoms with Crippen molar-refractivity contribution in [2.45, 2.75) is 18.9 Å². The van der Waals surface area contributed by atoms with Gasteiger partial charge in [0.25, 0.3) is 0 Å². The summed E-state index contributed by atoms with van der Waals surface area (Å²) in [6, 6.07) is 7.47. The van der Waals surface area contributed by atoms with Crippen molar-refractivity contribution in [1.29, 1.82) is 0 Å². The number of halogens is 1. The summed E-state index contributed by atoms with van der Waals surface area (Å²) in [7, 11) is 1.56. The summed E-state index contributed by atoms with van der Waals surface area (Å²) >= 11 is 6.30. The van der Waals surface area contributed by atoms with E-state index >= 15 is 0 Å². The van der Waals surface area contributed by atoms with Gasteiger partial charge in [-0.15, -0.1) is 0 Å². The van der Waals surface area contributed by atoms with E-state index in [0.717, 1.165) is 18.4 Å². The van der Waals surface area contributed by atoms with E-state index in [1.165, 1.54) is 6.07 Å². The Morgan fingerprint density at radius 2 is 2.14 bits per heavy atom. The summed E-state index contributed by atoms with van der Waals surface area (Å²) < 4.78 is 12.4. The number of hydrogen-bond donors (Lipinski definition) is 1. The van der Waals surface area contributed by atoms with Crippen molar-refractivity contribution in [2.24, 2.45) is 0 Å². The molecule has 139 valence electrons. The fourth-order valence-corrected chi connectivity index (χ4v) is 3.21. The zero-order chi connectivity index (χ0) is 19.7. The number of nitrogens with one attached hydrogen (secondary N) is 1. The molecule has 0 atom stereocenters. The van der Waals surface area contributed by atoms with E-state index in [1.807, 2.05) is 22.9 Å². The van der Waals surface area contributed by atoms with E-state index in [2.05, 4.69) is 25.6 Å². The Bertz CT molecular complexity index is 1040. The molecule has 1 aromatic carbocycles. The van der Waals surface area contributed by atoms with Crippen LogP contribution in [0.25, 0.3) is 11.4 Å². The zero-order valence-electron chi connectivity index (χ0n) is 14.9. The van der Waals surface area contributed by atoms with Crippen LogP contribution in [0.2, 0.25) is 5.15 Å². The number of rotatable bonds is 6. The van der Waals surface area contributed by atoms with Crippen molar-refractivity contribution in [3.8, 4) is 17.1 Å². The van der Waals surface area contributed by atoms with E-state index in [-0.39, 0.29) is 10.8 Å². The third-order valence-corrected chi connectivity index (χ3v) is 4.98. The second-order valence-electron chi connectivity index (χ2n) is 6.15. The number of ether oxygens (including phenoxy) is 1. The molecule has 3 aromatic rings. The summed E-state index contributed by atoms with van der Waals surface area (Å²) in [6.45, 7) is 0. The molecule has 1 saturated carbocycles. The van der Waals surface area contributed by atoms with E-state index in [1.54, 1.807) is 13.4 Å². The van der Waals surface area contributed by atoms with E-state index in [4.69, 9.17) is 19.9 Å². The summed E-state index contributed by atoms with van der Waals surface area (Å²) in [5.74, 6) is 0.525. The molecular formula is C17H14ClN6O3Zn. The van der Waals surface area contributed by atoms with E-state index in [0.29, 0.717) is 47.7 Å². The molecule has 2 heterocycles. The first kappa shape index (κ1) is 18.8. The summed E-state index contributed by atoms with van der Waals surface area (Å²) in [5, 5.41) is 15.4. The van der Waals surface area contributed by atoms with Gasteiger partial charge in [-0.05, 0) is 12.8 Å². The fourth-order valence-electron chi connectivity index (χ4n) is 2.77. The Labute approximate surface area is 175 Å². The minimum absolute atomic E-state index is 0.0410. The molecule has 28 heavy (non-hydrogen) atoms. The second kappa shape index (κ2) is 7.81. The molecule has 0 saturated heterocycles. The molecule has 0 radical (unpaired) electrons. The number of hydrogen-bond acceptors (Lipinski definition) is 8. The first-order valence-corrected chi connectivity index (χ1v) is 10.0. The molecule has 4 rings (SSSR count). The molecule has 2 aromatic heterocycles.